The van der Waals surface area contributed by atoms with Crippen molar-refractivity contribution in [3.63, 3.8) is 0 Å². The van der Waals surface area contributed by atoms with Gasteiger partial charge in [0.1, 0.15) is 4.21 Å². The lowest BCUT2D eigenvalue weighted by Gasteiger charge is -2.02. The predicted octanol–water partition coefficient (Wildman–Crippen LogP) is 2.88. The van der Waals surface area contributed by atoms with Gasteiger partial charge < -0.3 is 4.42 Å². The number of hydrogen-bond acceptors (Lipinski definition) is 6. The van der Waals surface area contributed by atoms with E-state index in [1.165, 1.54) is 11.3 Å². The molecular weight excluding hydrogens is 346 g/mol. The third-order valence-corrected chi connectivity index (χ3v) is 6.55. The fourth-order valence-corrected chi connectivity index (χ4v) is 4.48. The van der Waals surface area contributed by atoms with Crippen molar-refractivity contribution in [1.82, 2.24) is 14.9 Å². The fourth-order valence-electron chi connectivity index (χ4n) is 2.11. The molecule has 0 atom stereocenters. The zero-order chi connectivity index (χ0) is 17.0. The Morgan fingerprint density at radius 1 is 1.12 bits per heavy atom. The lowest BCUT2D eigenvalue weighted by atomic mass is 10.2. The molecule has 0 saturated heterocycles. The van der Waals surface area contributed by atoms with Crippen LogP contribution in [0.4, 0.5) is 0 Å². The number of thiophene rings is 1. The summed E-state index contributed by atoms with van der Waals surface area (Å²) in [6.07, 6.45) is 1.16. The lowest BCUT2D eigenvalue weighted by molar-refractivity contribution is 0.502. The highest BCUT2D eigenvalue weighted by molar-refractivity contribution is 7.91. The summed E-state index contributed by atoms with van der Waals surface area (Å²) in [4.78, 5) is 1.04. The van der Waals surface area contributed by atoms with E-state index in [4.69, 9.17) is 4.42 Å². The van der Waals surface area contributed by atoms with Crippen molar-refractivity contribution in [2.75, 3.05) is 6.54 Å². The minimum Gasteiger partial charge on any atom is -0.421 e. The van der Waals surface area contributed by atoms with Gasteiger partial charge in [-0.3, -0.25) is 0 Å². The summed E-state index contributed by atoms with van der Waals surface area (Å²) in [5.41, 5.74) is 0.836. The molecule has 0 unspecified atom stereocenters. The summed E-state index contributed by atoms with van der Waals surface area (Å²) in [5.74, 6) is 0.830. The summed E-state index contributed by atoms with van der Waals surface area (Å²) in [5, 5.41) is 7.94. The number of benzene rings is 1. The normalized spacial score (nSPS) is 11.7. The molecule has 1 aromatic carbocycles. The maximum atomic E-state index is 12.2. The van der Waals surface area contributed by atoms with Crippen LogP contribution in [-0.4, -0.2) is 25.2 Å². The number of hydrogen-bond donors (Lipinski definition) is 1. The first-order valence-electron chi connectivity index (χ1n) is 7.54. The van der Waals surface area contributed by atoms with Gasteiger partial charge in [0, 0.05) is 23.4 Å². The van der Waals surface area contributed by atoms with Crippen LogP contribution in [-0.2, 0) is 22.9 Å². The summed E-state index contributed by atoms with van der Waals surface area (Å²) < 4.78 is 32.9. The Morgan fingerprint density at radius 2 is 1.92 bits per heavy atom. The van der Waals surface area contributed by atoms with Gasteiger partial charge in [-0.25, -0.2) is 13.1 Å². The summed E-state index contributed by atoms with van der Waals surface area (Å²) in [6, 6.07) is 12.9. The Labute approximate surface area is 144 Å². The SMILES string of the molecule is CCc1ccc(S(=O)(=O)NCCc2nnc(-c3ccccc3)o2)s1. The van der Waals surface area contributed by atoms with E-state index in [0.717, 1.165) is 16.9 Å². The van der Waals surface area contributed by atoms with E-state index in [0.29, 0.717) is 22.4 Å². The average molecular weight is 363 g/mol. The van der Waals surface area contributed by atoms with E-state index in [1.807, 2.05) is 43.3 Å². The monoisotopic (exact) mass is 363 g/mol. The molecule has 2 heterocycles. The Bertz CT molecular complexity index is 902. The van der Waals surface area contributed by atoms with Crippen molar-refractivity contribution in [3.8, 4) is 11.5 Å². The van der Waals surface area contributed by atoms with E-state index in [-0.39, 0.29) is 6.54 Å². The first-order chi connectivity index (χ1) is 11.6. The van der Waals surface area contributed by atoms with Crippen LogP contribution in [0, 0.1) is 0 Å². The second-order valence-corrected chi connectivity index (χ2v) is 8.25. The minimum absolute atomic E-state index is 0.206. The Morgan fingerprint density at radius 3 is 2.62 bits per heavy atom. The molecule has 126 valence electrons. The van der Waals surface area contributed by atoms with Crippen LogP contribution in [0.15, 0.2) is 51.1 Å². The number of sulfonamides is 1. The first-order valence-corrected chi connectivity index (χ1v) is 9.84. The zero-order valence-corrected chi connectivity index (χ0v) is 14.7. The number of aromatic nitrogens is 2. The Kier molecular flexibility index (Phi) is 5.08. The highest BCUT2D eigenvalue weighted by atomic mass is 32.2. The van der Waals surface area contributed by atoms with Crippen LogP contribution in [0.3, 0.4) is 0 Å². The van der Waals surface area contributed by atoms with Gasteiger partial charge in [-0.15, -0.1) is 21.5 Å². The highest BCUT2D eigenvalue weighted by Crippen LogP contribution is 2.22. The second kappa shape index (κ2) is 7.25. The lowest BCUT2D eigenvalue weighted by Crippen LogP contribution is -2.25. The van der Waals surface area contributed by atoms with E-state index in [2.05, 4.69) is 14.9 Å². The van der Waals surface area contributed by atoms with Gasteiger partial charge in [-0.2, -0.15) is 0 Å². The summed E-state index contributed by atoms with van der Waals surface area (Å²) in [6.45, 7) is 2.20. The fraction of sp³-hybridized carbons (Fsp3) is 0.250. The molecule has 0 amide bonds. The minimum atomic E-state index is -3.49. The smallest absolute Gasteiger partial charge is 0.250 e. The average Bonchev–Trinajstić information content (AvgIpc) is 3.25. The summed E-state index contributed by atoms with van der Waals surface area (Å²) >= 11 is 1.29. The summed E-state index contributed by atoms with van der Waals surface area (Å²) in [7, 11) is -3.49. The number of nitrogens with zero attached hydrogens (tertiary/aromatic N) is 2. The Balaban J connectivity index is 1.59. The van der Waals surface area contributed by atoms with Gasteiger partial charge >= 0.3 is 0 Å². The van der Waals surface area contributed by atoms with Crippen LogP contribution in [0.1, 0.15) is 17.7 Å². The molecule has 0 saturated carbocycles. The van der Waals surface area contributed by atoms with Crippen molar-refractivity contribution in [2.45, 2.75) is 24.0 Å². The molecule has 0 aliphatic rings. The molecule has 0 aliphatic carbocycles. The molecule has 2 aromatic heterocycles. The van der Waals surface area contributed by atoms with E-state index in [1.54, 1.807) is 6.07 Å². The van der Waals surface area contributed by atoms with Crippen molar-refractivity contribution < 1.29 is 12.8 Å². The zero-order valence-electron chi connectivity index (χ0n) is 13.1. The maximum absolute atomic E-state index is 12.2. The predicted molar refractivity (Wildman–Crippen MR) is 92.3 cm³/mol. The third kappa shape index (κ3) is 3.89. The molecule has 24 heavy (non-hydrogen) atoms. The topological polar surface area (TPSA) is 85.1 Å². The van der Waals surface area contributed by atoms with Crippen LogP contribution in [0.25, 0.3) is 11.5 Å². The van der Waals surface area contributed by atoms with Crippen LogP contribution >= 0.6 is 11.3 Å². The molecule has 6 nitrogen and oxygen atoms in total. The van der Waals surface area contributed by atoms with Gasteiger partial charge in [0.15, 0.2) is 0 Å². The molecular formula is C16H17N3O3S2. The molecule has 0 radical (unpaired) electrons. The molecule has 3 aromatic rings. The molecule has 0 bridgehead atoms. The van der Waals surface area contributed by atoms with E-state index >= 15 is 0 Å². The third-order valence-electron chi connectivity index (χ3n) is 3.37. The maximum Gasteiger partial charge on any atom is 0.250 e. The quantitative estimate of drug-likeness (QED) is 0.698. The molecule has 1 N–H and O–H groups in total. The number of rotatable bonds is 7. The molecule has 0 fully saturated rings. The molecule has 8 heteroatoms. The van der Waals surface area contributed by atoms with Crippen molar-refractivity contribution in [2.24, 2.45) is 0 Å². The Hall–Kier alpha value is -2.03. The van der Waals surface area contributed by atoms with Crippen LogP contribution in [0.2, 0.25) is 0 Å². The van der Waals surface area contributed by atoms with Crippen molar-refractivity contribution >= 4 is 21.4 Å². The number of nitrogens with one attached hydrogen (secondary N) is 1. The largest absolute Gasteiger partial charge is 0.421 e. The first kappa shape index (κ1) is 16.8. The van der Waals surface area contributed by atoms with Gasteiger partial charge in [0.25, 0.3) is 0 Å². The molecule has 0 spiro atoms. The van der Waals surface area contributed by atoms with E-state index < -0.39 is 10.0 Å². The van der Waals surface area contributed by atoms with Gasteiger partial charge in [-0.1, -0.05) is 25.1 Å². The van der Waals surface area contributed by atoms with Crippen molar-refractivity contribution in [3.05, 3.63) is 53.2 Å². The van der Waals surface area contributed by atoms with Crippen LogP contribution in [0.5, 0.6) is 0 Å². The standard InChI is InChI=1S/C16H17N3O3S2/c1-2-13-8-9-15(23-13)24(20,21)17-11-10-14-18-19-16(22-14)12-6-4-3-5-7-12/h3-9,17H,2,10-11H2,1H3. The van der Waals surface area contributed by atoms with Gasteiger partial charge in [-0.05, 0) is 30.7 Å². The van der Waals surface area contributed by atoms with E-state index in [9.17, 15) is 8.42 Å². The van der Waals surface area contributed by atoms with Crippen LogP contribution < -0.4 is 4.72 Å². The van der Waals surface area contributed by atoms with Gasteiger partial charge in [0.05, 0.1) is 0 Å². The highest BCUT2D eigenvalue weighted by Gasteiger charge is 2.16. The van der Waals surface area contributed by atoms with Crippen molar-refractivity contribution in [1.29, 1.82) is 0 Å². The number of aryl methyl sites for hydroxylation is 1. The molecule has 3 rings (SSSR count). The van der Waals surface area contributed by atoms with Gasteiger partial charge in [0.2, 0.25) is 21.8 Å². The second-order valence-electron chi connectivity index (χ2n) is 5.09. The molecule has 0 aliphatic heterocycles.